The molecule has 0 aromatic carbocycles. The van der Waals surface area contributed by atoms with Crippen molar-refractivity contribution < 1.29 is 9.21 Å². The molecule has 1 fully saturated rings. The number of aryl methyl sites for hydroxylation is 1. The molecule has 0 aliphatic carbocycles. The lowest BCUT2D eigenvalue weighted by Crippen LogP contribution is -2.45. The first kappa shape index (κ1) is 15.6. The largest absolute Gasteiger partial charge is 0.460 e. The van der Waals surface area contributed by atoms with Gasteiger partial charge in [0.25, 0.3) is 5.91 Å². The molecule has 0 spiro atoms. The maximum atomic E-state index is 12.1. The van der Waals surface area contributed by atoms with Crippen molar-refractivity contribution in [2.45, 2.75) is 25.8 Å². The molecule has 6 nitrogen and oxygen atoms in total. The predicted molar refractivity (Wildman–Crippen MR) is 81.6 cm³/mol. The van der Waals surface area contributed by atoms with Gasteiger partial charge in [-0.05, 0) is 38.4 Å². The summed E-state index contributed by atoms with van der Waals surface area (Å²) in [6, 6.07) is 5.63. The third-order valence-electron chi connectivity index (χ3n) is 3.45. The number of carbonyl (C=O) groups excluding carboxylic acids is 1. The normalized spacial score (nSPS) is 18.0. The Hall–Kier alpha value is -1.79. The van der Waals surface area contributed by atoms with Crippen molar-refractivity contribution in [2.24, 2.45) is 0 Å². The molecular weight excluding hydrogens is 292 g/mol. The lowest BCUT2D eigenvalue weighted by Gasteiger charge is -2.23. The zero-order chi connectivity index (χ0) is 13.9. The number of hydrogen-bond acceptors (Lipinski definition) is 4. The maximum absolute atomic E-state index is 12.1. The topological polar surface area (TPSA) is 83.0 Å². The van der Waals surface area contributed by atoms with Crippen LogP contribution in [0, 0.1) is 6.92 Å². The third-order valence-corrected chi connectivity index (χ3v) is 3.45. The van der Waals surface area contributed by atoms with Crippen molar-refractivity contribution in [3.05, 3.63) is 29.7 Å². The van der Waals surface area contributed by atoms with E-state index in [-0.39, 0.29) is 24.4 Å². The number of hydrogen-bond donors (Lipinski definition) is 3. The number of aromatic amines is 1. The molecular formula is C14H19ClN4O2. The minimum Gasteiger partial charge on any atom is -0.460 e. The number of amides is 1. The summed E-state index contributed by atoms with van der Waals surface area (Å²) in [4.78, 5) is 12.1. The summed E-state index contributed by atoms with van der Waals surface area (Å²) in [6.07, 6.45) is 2.09. The SMILES string of the molecule is Cc1ccc(-c2cc(C(=O)N[C@H]3CCCNC3)n[nH]2)o1.Cl. The predicted octanol–water partition coefficient (Wildman–Crippen LogP) is 1.88. The second-order valence-corrected chi connectivity index (χ2v) is 5.09. The van der Waals surface area contributed by atoms with Crippen LogP contribution in [0.1, 0.15) is 29.1 Å². The average Bonchev–Trinajstić information content (AvgIpc) is 3.08. The van der Waals surface area contributed by atoms with Crippen LogP contribution >= 0.6 is 12.4 Å². The van der Waals surface area contributed by atoms with E-state index in [1.807, 2.05) is 19.1 Å². The number of rotatable bonds is 3. The standard InChI is InChI=1S/C14H18N4O2.ClH/c1-9-4-5-13(20-9)11-7-12(18-17-11)14(19)16-10-3-2-6-15-8-10;/h4-5,7,10,15H,2-3,6,8H2,1H3,(H,16,19)(H,17,18);1H/t10-;/m0./s1. The van der Waals surface area contributed by atoms with Crippen LogP contribution in [0.5, 0.6) is 0 Å². The molecule has 3 N–H and O–H groups in total. The quantitative estimate of drug-likeness (QED) is 0.808. The van der Waals surface area contributed by atoms with E-state index in [1.54, 1.807) is 6.07 Å². The number of piperidine rings is 1. The minimum absolute atomic E-state index is 0. The van der Waals surface area contributed by atoms with Crippen molar-refractivity contribution in [1.29, 1.82) is 0 Å². The monoisotopic (exact) mass is 310 g/mol. The number of aromatic nitrogens is 2. The van der Waals surface area contributed by atoms with Gasteiger partial charge in [0.05, 0.1) is 0 Å². The van der Waals surface area contributed by atoms with Crippen LogP contribution < -0.4 is 10.6 Å². The summed E-state index contributed by atoms with van der Waals surface area (Å²) in [5.41, 5.74) is 1.10. The fourth-order valence-electron chi connectivity index (χ4n) is 2.38. The number of carbonyl (C=O) groups is 1. The molecule has 3 rings (SSSR count). The van der Waals surface area contributed by atoms with Crippen molar-refractivity contribution in [2.75, 3.05) is 13.1 Å². The van der Waals surface area contributed by atoms with Crippen molar-refractivity contribution in [3.63, 3.8) is 0 Å². The number of furan rings is 1. The Bertz CT molecular complexity index is 602. The lowest BCUT2D eigenvalue weighted by molar-refractivity contribution is 0.0925. The molecule has 0 radical (unpaired) electrons. The molecule has 21 heavy (non-hydrogen) atoms. The van der Waals surface area contributed by atoms with Crippen molar-refractivity contribution >= 4 is 18.3 Å². The van der Waals surface area contributed by atoms with Gasteiger partial charge in [-0.15, -0.1) is 12.4 Å². The van der Waals surface area contributed by atoms with Gasteiger partial charge in [0.2, 0.25) is 0 Å². The van der Waals surface area contributed by atoms with Gasteiger partial charge in [-0.2, -0.15) is 5.10 Å². The second-order valence-electron chi connectivity index (χ2n) is 5.09. The lowest BCUT2D eigenvalue weighted by atomic mass is 10.1. The molecule has 1 saturated heterocycles. The summed E-state index contributed by atoms with van der Waals surface area (Å²) in [7, 11) is 0. The number of nitrogens with zero attached hydrogens (tertiary/aromatic N) is 1. The van der Waals surface area contributed by atoms with Crippen LogP contribution in [0.3, 0.4) is 0 Å². The fraction of sp³-hybridized carbons (Fsp3) is 0.429. The summed E-state index contributed by atoms with van der Waals surface area (Å²) in [5, 5.41) is 13.1. The molecule has 1 aliphatic heterocycles. The van der Waals surface area contributed by atoms with Crippen LogP contribution in [0.2, 0.25) is 0 Å². The maximum Gasteiger partial charge on any atom is 0.272 e. The average molecular weight is 311 g/mol. The third kappa shape index (κ3) is 3.65. The zero-order valence-corrected chi connectivity index (χ0v) is 12.6. The summed E-state index contributed by atoms with van der Waals surface area (Å²) in [5.74, 6) is 1.37. The first-order valence-corrected chi connectivity index (χ1v) is 6.86. The summed E-state index contributed by atoms with van der Waals surface area (Å²) >= 11 is 0. The summed E-state index contributed by atoms with van der Waals surface area (Å²) < 4.78 is 5.50. The number of H-pyrrole nitrogens is 1. The fourth-order valence-corrected chi connectivity index (χ4v) is 2.38. The molecule has 3 heterocycles. The molecule has 1 amide bonds. The van der Waals surface area contributed by atoms with E-state index in [0.29, 0.717) is 17.1 Å². The van der Waals surface area contributed by atoms with Gasteiger partial charge in [-0.1, -0.05) is 0 Å². The van der Waals surface area contributed by atoms with Crippen molar-refractivity contribution in [1.82, 2.24) is 20.8 Å². The molecule has 0 bridgehead atoms. The van der Waals surface area contributed by atoms with E-state index in [2.05, 4.69) is 20.8 Å². The van der Waals surface area contributed by atoms with Crippen LogP contribution in [-0.4, -0.2) is 35.2 Å². The highest BCUT2D eigenvalue weighted by molar-refractivity contribution is 5.93. The molecule has 2 aromatic heterocycles. The Morgan fingerprint density at radius 2 is 2.33 bits per heavy atom. The Kier molecular flexibility index (Phi) is 5.03. The molecule has 0 saturated carbocycles. The molecule has 2 aromatic rings. The first-order valence-electron chi connectivity index (χ1n) is 6.86. The highest BCUT2D eigenvalue weighted by Crippen LogP contribution is 2.20. The smallest absolute Gasteiger partial charge is 0.272 e. The van der Waals surface area contributed by atoms with E-state index >= 15 is 0 Å². The van der Waals surface area contributed by atoms with Gasteiger partial charge >= 0.3 is 0 Å². The van der Waals surface area contributed by atoms with Gasteiger partial charge in [0, 0.05) is 18.7 Å². The highest BCUT2D eigenvalue weighted by atomic mass is 35.5. The molecule has 0 unspecified atom stereocenters. The van der Waals surface area contributed by atoms with Crippen LogP contribution in [0.15, 0.2) is 22.6 Å². The molecule has 7 heteroatoms. The Labute approximate surface area is 129 Å². The highest BCUT2D eigenvalue weighted by Gasteiger charge is 2.18. The van der Waals surface area contributed by atoms with E-state index in [9.17, 15) is 4.79 Å². The number of nitrogens with one attached hydrogen (secondary N) is 3. The van der Waals surface area contributed by atoms with Crippen LogP contribution in [0.25, 0.3) is 11.5 Å². The minimum atomic E-state index is -0.149. The van der Waals surface area contributed by atoms with E-state index in [1.165, 1.54) is 0 Å². The van der Waals surface area contributed by atoms with Crippen LogP contribution in [0.4, 0.5) is 0 Å². The Morgan fingerprint density at radius 3 is 3.00 bits per heavy atom. The molecule has 1 atom stereocenters. The van der Waals surface area contributed by atoms with Gasteiger partial charge in [0.1, 0.15) is 11.5 Å². The van der Waals surface area contributed by atoms with Gasteiger partial charge < -0.3 is 15.1 Å². The molecule has 114 valence electrons. The van der Waals surface area contributed by atoms with Gasteiger partial charge in [0.15, 0.2) is 11.5 Å². The first-order chi connectivity index (χ1) is 9.72. The zero-order valence-electron chi connectivity index (χ0n) is 11.8. The van der Waals surface area contributed by atoms with Gasteiger partial charge in [-0.3, -0.25) is 9.89 Å². The van der Waals surface area contributed by atoms with Gasteiger partial charge in [-0.25, -0.2) is 0 Å². The molecule has 1 aliphatic rings. The second kappa shape index (κ2) is 6.78. The Morgan fingerprint density at radius 1 is 1.48 bits per heavy atom. The summed E-state index contributed by atoms with van der Waals surface area (Å²) in [6.45, 7) is 3.72. The van der Waals surface area contributed by atoms with E-state index in [4.69, 9.17) is 4.42 Å². The van der Waals surface area contributed by atoms with E-state index in [0.717, 1.165) is 31.7 Å². The van der Waals surface area contributed by atoms with E-state index < -0.39 is 0 Å². The van der Waals surface area contributed by atoms with Crippen LogP contribution in [-0.2, 0) is 0 Å². The Balaban J connectivity index is 0.00000161. The number of halogens is 1. The van der Waals surface area contributed by atoms with Crippen molar-refractivity contribution in [3.8, 4) is 11.5 Å².